The van der Waals surface area contributed by atoms with E-state index in [4.69, 9.17) is 23.7 Å². The molecule has 0 heterocycles. The topological polar surface area (TPSA) is 169 Å². The highest BCUT2D eigenvalue weighted by Gasteiger charge is 2.28. The smallest absolute Gasteiger partial charge is 0.200 e. The lowest BCUT2D eigenvalue weighted by molar-refractivity contribution is 0.421. The molecule has 0 unspecified atom stereocenters. The maximum atomic E-state index is 16.0. The second-order valence-electron chi connectivity index (χ2n) is 27.9. The van der Waals surface area contributed by atoms with Crippen LogP contribution in [0.4, 0.5) is 0 Å². The third-order valence-corrected chi connectivity index (χ3v) is 15.7. The molecule has 0 aromatic heterocycles. The Kier molecular flexibility index (Phi) is 16.4. The van der Waals surface area contributed by atoms with Gasteiger partial charge in [-0.1, -0.05) is 125 Å². The van der Waals surface area contributed by atoms with Crippen LogP contribution in [0.25, 0.3) is 64.6 Å². The van der Waals surface area contributed by atoms with Gasteiger partial charge >= 0.3 is 0 Å². The number of aromatic hydroxyl groups is 1. The van der Waals surface area contributed by atoms with Crippen molar-refractivity contribution in [3.63, 3.8) is 0 Å². The highest BCUT2D eigenvalue weighted by atomic mass is 16.5. The van der Waals surface area contributed by atoms with E-state index in [1.807, 2.05) is 125 Å². The minimum atomic E-state index is -0.760. The van der Waals surface area contributed by atoms with Crippen LogP contribution in [0.3, 0.4) is 0 Å². The summed E-state index contributed by atoms with van der Waals surface area (Å²) in [6.45, 7) is 34.8. The predicted molar refractivity (Wildman–Crippen MR) is 342 cm³/mol. The van der Waals surface area contributed by atoms with Crippen LogP contribution in [0.15, 0.2) is 102 Å². The molecule has 0 saturated carbocycles. The molecule has 12 nitrogen and oxygen atoms in total. The summed E-state index contributed by atoms with van der Waals surface area (Å²) in [5, 5.41) is 11.8. The van der Waals surface area contributed by atoms with Crippen LogP contribution in [-0.2, 0) is 32.5 Å². The molecule has 12 heteroatoms. The Bertz CT molecular complexity index is 4160. The van der Waals surface area contributed by atoms with Gasteiger partial charge in [-0.2, -0.15) is 0 Å². The molecule has 0 aliphatic heterocycles. The number of rotatable bonds is 5. The Morgan fingerprint density at radius 2 is 0.337 bits per heavy atom. The number of hydrogen-bond acceptors (Lipinski definition) is 12. The van der Waals surface area contributed by atoms with E-state index in [1.54, 1.807) is 60.7 Å². The number of phenols is 1. The molecule has 7 aromatic rings. The van der Waals surface area contributed by atoms with E-state index >= 15 is 28.8 Å². The number of methoxy groups -OCH3 is 5. The van der Waals surface area contributed by atoms with Crippen LogP contribution in [0.1, 0.15) is 158 Å². The molecule has 7 rings (SSSR count). The van der Waals surface area contributed by atoms with Gasteiger partial charge in [0, 0.05) is 0 Å². The van der Waals surface area contributed by atoms with Gasteiger partial charge in [-0.15, -0.1) is 0 Å². The number of phenolic OH excluding ortho intramolecular Hbond substituents is 1. The fourth-order valence-electron chi connectivity index (χ4n) is 10.4. The zero-order valence-corrected chi connectivity index (χ0v) is 52.9. The van der Waals surface area contributed by atoms with Gasteiger partial charge in [-0.3, -0.25) is 28.8 Å². The van der Waals surface area contributed by atoms with Crippen molar-refractivity contribution in [1.82, 2.24) is 0 Å². The van der Waals surface area contributed by atoms with Gasteiger partial charge in [0.2, 0.25) is 32.6 Å². The van der Waals surface area contributed by atoms with Gasteiger partial charge in [0.05, 0.1) is 100 Å². The van der Waals surface area contributed by atoms with Crippen molar-refractivity contribution in [2.75, 3.05) is 35.5 Å². The van der Waals surface area contributed by atoms with Crippen LogP contribution in [0.5, 0.6) is 34.5 Å². The van der Waals surface area contributed by atoms with Gasteiger partial charge < -0.3 is 28.8 Å². The van der Waals surface area contributed by atoms with E-state index in [1.165, 1.54) is 47.7 Å². The highest BCUT2D eigenvalue weighted by Crippen LogP contribution is 2.40. The van der Waals surface area contributed by atoms with Gasteiger partial charge in [0.1, 0.15) is 34.5 Å². The zero-order valence-electron chi connectivity index (χ0n) is 52.9. The average molecular weight is 1130 g/mol. The molecule has 0 spiro atoms. The molecule has 438 valence electrons. The monoisotopic (exact) mass is 1130 g/mol. The van der Waals surface area contributed by atoms with Crippen molar-refractivity contribution >= 4 is 64.6 Å². The number of benzene rings is 6. The van der Waals surface area contributed by atoms with Crippen molar-refractivity contribution in [3.8, 4) is 34.5 Å². The largest absolute Gasteiger partial charge is 0.506 e. The molecular weight excluding hydrogens is 1040 g/mol. The van der Waals surface area contributed by atoms with Crippen LogP contribution in [-0.4, -0.2) is 40.7 Å². The Balaban J connectivity index is 2.09. The summed E-state index contributed by atoms with van der Waals surface area (Å²) in [6, 6.07) is 19.7. The van der Waals surface area contributed by atoms with Crippen LogP contribution in [0, 0.1) is 0 Å². The summed E-state index contributed by atoms with van der Waals surface area (Å²) in [5.41, 5.74) is -4.87. The Morgan fingerprint density at radius 3 is 0.446 bits per heavy atom. The first-order valence-electron chi connectivity index (χ1n) is 27.9. The van der Waals surface area contributed by atoms with Crippen molar-refractivity contribution in [3.05, 3.63) is 168 Å². The maximum Gasteiger partial charge on any atom is 0.200 e. The molecule has 12 bridgehead atoms. The zero-order chi connectivity index (χ0) is 62.3. The Labute approximate surface area is 486 Å². The van der Waals surface area contributed by atoms with Crippen molar-refractivity contribution in [2.45, 2.75) is 157 Å². The SMILES string of the molecule is COc1c2cc(C(C)(C)C)cc1c(=O)c1cc(C(C)(C)C)cc(c1OC)c(=O)c1cc(C(C)(C)C)cc(c1OC)c(=O)c1cc(C(C)(C)C)cc(c1OC)c(=O)c1cc(C(C)(C)C)cc(c1OC)c(=O)c1cc(C(C)(C)C)cc(c1O)c2=O. The molecule has 0 aliphatic carbocycles. The normalized spacial score (nSPS) is 12.6. The van der Waals surface area contributed by atoms with Gasteiger partial charge in [0.15, 0.2) is 0 Å². The third kappa shape index (κ3) is 11.6. The molecule has 0 radical (unpaired) electrons. The van der Waals surface area contributed by atoms with Gasteiger partial charge in [-0.25, -0.2) is 0 Å². The fourth-order valence-corrected chi connectivity index (χ4v) is 10.4. The van der Waals surface area contributed by atoms with E-state index in [2.05, 4.69) is 0 Å². The van der Waals surface area contributed by atoms with E-state index in [-0.39, 0.29) is 93.4 Å². The highest BCUT2D eigenvalue weighted by molar-refractivity contribution is 5.97. The summed E-state index contributed by atoms with van der Waals surface area (Å²) in [5.74, 6) is -1.20. The van der Waals surface area contributed by atoms with Gasteiger partial charge in [0.25, 0.3) is 0 Å². The van der Waals surface area contributed by atoms with Crippen LogP contribution < -0.4 is 56.3 Å². The molecule has 7 aromatic carbocycles. The Hall–Kier alpha value is -7.86. The maximum absolute atomic E-state index is 16.0. The molecule has 0 fully saturated rings. The molecule has 0 atom stereocenters. The summed E-state index contributed by atoms with van der Waals surface area (Å²) >= 11 is 0. The molecule has 0 amide bonds. The van der Waals surface area contributed by atoms with Crippen LogP contribution in [0.2, 0.25) is 0 Å². The van der Waals surface area contributed by atoms with E-state index in [0.717, 1.165) is 0 Å². The average Bonchev–Trinajstić information content (AvgIpc) is 1.89. The summed E-state index contributed by atoms with van der Waals surface area (Å²) in [4.78, 5) is 95.3. The van der Waals surface area contributed by atoms with Crippen molar-refractivity contribution in [1.29, 1.82) is 0 Å². The number of fused-ring (bicyclic) bond motifs is 12. The predicted octanol–water partition coefficient (Wildman–Crippen LogP) is 14.0. The lowest BCUT2D eigenvalue weighted by Crippen LogP contribution is -2.18. The molecule has 0 saturated heterocycles. The summed E-state index contributed by atoms with van der Waals surface area (Å²) in [6.07, 6.45) is 0. The molecule has 0 aliphatic rings. The lowest BCUT2D eigenvalue weighted by atomic mass is 9.83. The first-order valence-corrected chi connectivity index (χ1v) is 27.9. The summed E-state index contributed by atoms with van der Waals surface area (Å²) < 4.78 is 30.8. The second-order valence-corrected chi connectivity index (χ2v) is 27.9. The fraction of sp³-hybridized carbons (Fsp3) is 0.408. The van der Waals surface area contributed by atoms with E-state index in [0.29, 0.717) is 33.4 Å². The molecular formula is C71H82O12. The Morgan fingerprint density at radius 1 is 0.229 bits per heavy atom. The van der Waals surface area contributed by atoms with Crippen molar-refractivity contribution in [2.24, 2.45) is 0 Å². The minimum absolute atomic E-state index is 0.0134. The standard InChI is InChI=1S/C71H82O12/c1-66(2,3)36-24-42-54(72)43(25-36)56(74)45-27-38(68(7,8)9)29-47(62(45)80-20)58(76)49-31-40(70(13,14)15)33-51(64(49)82-22)60(78)53-35-41(71(16,17)18)34-52(65(53)83-23)59(77)50-32-39(69(10,11)12)30-48(63(50)81-21)57(75)46-28-37(67(4,5)6)26-44(55(42)73)61(46)79-19/h24-35,72H,1-23H3. The second kappa shape index (κ2) is 21.7. The van der Waals surface area contributed by atoms with Crippen molar-refractivity contribution < 1.29 is 28.8 Å². The van der Waals surface area contributed by atoms with E-state index in [9.17, 15) is 5.11 Å². The molecule has 1 N–H and O–H groups in total. The number of hydrogen-bond donors (Lipinski definition) is 1. The minimum Gasteiger partial charge on any atom is -0.506 e. The lowest BCUT2D eigenvalue weighted by Gasteiger charge is -2.22. The van der Waals surface area contributed by atoms with Gasteiger partial charge in [-0.05, 0) is 139 Å². The first kappa shape index (κ1) is 62.7. The molecule has 83 heavy (non-hydrogen) atoms. The van der Waals surface area contributed by atoms with E-state index < -0.39 is 70.8 Å². The third-order valence-electron chi connectivity index (χ3n) is 15.7. The number of ether oxygens (including phenoxy) is 5. The first-order chi connectivity index (χ1) is 38.1. The van der Waals surface area contributed by atoms with Crippen LogP contribution >= 0.6 is 0 Å². The summed E-state index contributed by atoms with van der Waals surface area (Å²) in [7, 11) is 6.75. The quantitative estimate of drug-likeness (QED) is 0.173.